The Kier molecular flexibility index (Phi) is 0.905. The maximum atomic E-state index is 10.1. The van der Waals surface area contributed by atoms with Crippen LogP contribution in [0.4, 0.5) is 0 Å². The van der Waals surface area contributed by atoms with Gasteiger partial charge in [0.15, 0.2) is 0 Å². The van der Waals surface area contributed by atoms with Gasteiger partial charge >= 0.3 is 0 Å². The molecule has 1 aliphatic carbocycles. The van der Waals surface area contributed by atoms with Crippen LogP contribution < -0.4 is 0 Å². The van der Waals surface area contributed by atoms with Gasteiger partial charge < -0.3 is 5.11 Å². The molecule has 1 N–H and O–H groups in total. The summed E-state index contributed by atoms with van der Waals surface area (Å²) in [5.41, 5.74) is 0. The fourth-order valence-corrected chi connectivity index (χ4v) is 0.573. The zero-order valence-electron chi connectivity index (χ0n) is 3.39. The molecule has 1 aliphatic rings. The van der Waals surface area contributed by atoms with Gasteiger partial charge in [0.25, 0.3) is 0 Å². The zero-order chi connectivity index (χ0) is 5.44. The smallest absolute Gasteiger partial charge is 0.206 e. The van der Waals surface area contributed by atoms with E-state index in [2.05, 4.69) is 0 Å². The first-order valence-corrected chi connectivity index (χ1v) is 2.19. The molecule has 7 heavy (non-hydrogen) atoms. The fraction of sp³-hybridized carbons (Fsp3) is 0.250. The van der Waals surface area contributed by atoms with Gasteiger partial charge in [0, 0.05) is 0 Å². The minimum absolute atomic E-state index is 0.146. The van der Waals surface area contributed by atoms with Crippen LogP contribution in [0.3, 0.4) is 0 Å². The molecule has 0 saturated heterocycles. The third-order valence-electron chi connectivity index (χ3n) is 0.808. The minimum atomic E-state index is -0.924. The number of Topliss-reactive ketones (excluding diaryl/α,β-unsaturated/α-hetero) is 1. The normalized spacial score (nSPS) is 29.1. The predicted molar refractivity (Wildman–Crippen MR) is 24.9 cm³/mol. The van der Waals surface area contributed by atoms with E-state index in [-0.39, 0.29) is 10.8 Å². The first-order valence-electron chi connectivity index (χ1n) is 1.81. The Labute approximate surface area is 45.4 Å². The van der Waals surface area contributed by atoms with Gasteiger partial charge in [-0.05, 0) is 6.08 Å². The number of halogens is 1. The molecule has 2 nitrogen and oxygen atoms in total. The number of rotatable bonds is 0. The monoisotopic (exact) mass is 118 g/mol. The van der Waals surface area contributed by atoms with E-state index in [9.17, 15) is 4.79 Å². The molecular weight excluding hydrogens is 115 g/mol. The Morgan fingerprint density at radius 1 is 1.86 bits per heavy atom. The van der Waals surface area contributed by atoms with Crippen molar-refractivity contribution in [1.29, 1.82) is 0 Å². The van der Waals surface area contributed by atoms with E-state index in [0.717, 1.165) is 0 Å². The average Bonchev–Trinajstić information content (AvgIpc) is 1.68. The van der Waals surface area contributed by atoms with Gasteiger partial charge in [-0.3, -0.25) is 4.79 Å². The summed E-state index contributed by atoms with van der Waals surface area (Å²) in [4.78, 5) is 10.1. The second-order valence-corrected chi connectivity index (χ2v) is 1.73. The van der Waals surface area contributed by atoms with Crippen molar-refractivity contribution in [3.63, 3.8) is 0 Å². The van der Waals surface area contributed by atoms with Crippen LogP contribution in [0.25, 0.3) is 0 Å². The van der Waals surface area contributed by atoms with Gasteiger partial charge in [-0.15, -0.1) is 0 Å². The van der Waals surface area contributed by atoms with Crippen molar-refractivity contribution < 1.29 is 9.90 Å². The lowest BCUT2D eigenvalue weighted by molar-refractivity contribution is -0.122. The van der Waals surface area contributed by atoms with Crippen LogP contribution in [0, 0.1) is 0 Å². The standard InChI is InChI=1S/C4H3ClO2/c5-2-1-3(6)4(2)7/h1,3,6H. The summed E-state index contributed by atoms with van der Waals surface area (Å²) in [5.74, 6) is -0.373. The molecular formula is C4H3ClO2. The Morgan fingerprint density at radius 3 is 2.43 bits per heavy atom. The molecule has 0 aromatic carbocycles. The van der Waals surface area contributed by atoms with Crippen molar-refractivity contribution >= 4 is 17.4 Å². The molecule has 0 aliphatic heterocycles. The summed E-state index contributed by atoms with van der Waals surface area (Å²) in [6, 6.07) is 0. The molecule has 0 spiro atoms. The lowest BCUT2D eigenvalue weighted by Gasteiger charge is -2.11. The van der Waals surface area contributed by atoms with Gasteiger partial charge in [-0.2, -0.15) is 0 Å². The highest BCUT2D eigenvalue weighted by molar-refractivity contribution is 6.46. The summed E-state index contributed by atoms with van der Waals surface area (Å²) in [7, 11) is 0. The number of carbonyl (C=O) groups excluding carboxylic acids is 1. The number of hydrogen-bond donors (Lipinski definition) is 1. The molecule has 1 rings (SSSR count). The third-order valence-corrected chi connectivity index (χ3v) is 1.12. The summed E-state index contributed by atoms with van der Waals surface area (Å²) < 4.78 is 0. The Bertz CT molecular complexity index is 139. The summed E-state index contributed by atoms with van der Waals surface area (Å²) in [6.07, 6.45) is 0.372. The quantitative estimate of drug-likeness (QED) is 0.488. The first kappa shape index (κ1) is 4.81. The van der Waals surface area contributed by atoms with Crippen LogP contribution in [0.15, 0.2) is 11.1 Å². The lowest BCUT2D eigenvalue weighted by atomic mass is 10.1. The summed E-state index contributed by atoms with van der Waals surface area (Å²) in [5, 5.41) is 8.52. The molecule has 1 unspecified atom stereocenters. The van der Waals surface area contributed by atoms with E-state index in [1.54, 1.807) is 0 Å². The second kappa shape index (κ2) is 1.32. The molecule has 0 aromatic heterocycles. The lowest BCUT2D eigenvalue weighted by Crippen LogP contribution is -2.26. The Balaban J connectivity index is 2.75. The maximum absolute atomic E-state index is 10.1. The highest BCUT2D eigenvalue weighted by Crippen LogP contribution is 2.17. The van der Waals surface area contributed by atoms with Crippen molar-refractivity contribution in [2.45, 2.75) is 6.10 Å². The molecule has 0 heterocycles. The van der Waals surface area contributed by atoms with Crippen molar-refractivity contribution in [2.24, 2.45) is 0 Å². The van der Waals surface area contributed by atoms with E-state index < -0.39 is 6.10 Å². The summed E-state index contributed by atoms with van der Waals surface area (Å²) >= 11 is 5.15. The number of ketones is 1. The molecule has 3 heteroatoms. The van der Waals surface area contributed by atoms with Gasteiger partial charge in [0.1, 0.15) is 6.10 Å². The molecule has 0 saturated carbocycles. The van der Waals surface area contributed by atoms with E-state index in [1.165, 1.54) is 6.08 Å². The molecule has 38 valence electrons. The van der Waals surface area contributed by atoms with Crippen LogP contribution in [0.1, 0.15) is 0 Å². The van der Waals surface area contributed by atoms with E-state index in [1.807, 2.05) is 0 Å². The largest absolute Gasteiger partial charge is 0.381 e. The van der Waals surface area contributed by atoms with Gasteiger partial charge in [-0.1, -0.05) is 11.6 Å². The third kappa shape index (κ3) is 0.558. The van der Waals surface area contributed by atoms with Crippen molar-refractivity contribution in [3.05, 3.63) is 11.1 Å². The highest BCUT2D eigenvalue weighted by Gasteiger charge is 2.25. The van der Waals surface area contributed by atoms with Crippen molar-refractivity contribution in [1.82, 2.24) is 0 Å². The van der Waals surface area contributed by atoms with Crippen LogP contribution in [-0.2, 0) is 4.79 Å². The predicted octanol–water partition coefficient (Wildman–Crippen LogP) is 0.0527. The van der Waals surface area contributed by atoms with Crippen LogP contribution in [-0.4, -0.2) is 17.0 Å². The molecule has 0 fully saturated rings. The van der Waals surface area contributed by atoms with Crippen LogP contribution in [0.2, 0.25) is 0 Å². The van der Waals surface area contributed by atoms with Crippen LogP contribution >= 0.6 is 11.6 Å². The highest BCUT2D eigenvalue weighted by atomic mass is 35.5. The van der Waals surface area contributed by atoms with E-state index in [4.69, 9.17) is 16.7 Å². The van der Waals surface area contributed by atoms with Crippen LogP contribution in [0.5, 0.6) is 0 Å². The molecule has 0 amide bonds. The van der Waals surface area contributed by atoms with E-state index in [0.29, 0.717) is 0 Å². The van der Waals surface area contributed by atoms with Crippen molar-refractivity contribution in [3.8, 4) is 0 Å². The number of aliphatic hydroxyl groups is 1. The Hall–Kier alpha value is -0.340. The van der Waals surface area contributed by atoms with Gasteiger partial charge in [0.2, 0.25) is 5.78 Å². The number of aliphatic hydroxyl groups excluding tert-OH is 1. The zero-order valence-corrected chi connectivity index (χ0v) is 4.14. The minimum Gasteiger partial charge on any atom is -0.381 e. The van der Waals surface area contributed by atoms with Gasteiger partial charge in [0.05, 0.1) is 5.03 Å². The number of carbonyl (C=O) groups is 1. The maximum Gasteiger partial charge on any atom is 0.206 e. The fourth-order valence-electron chi connectivity index (χ4n) is 0.341. The Morgan fingerprint density at radius 2 is 2.43 bits per heavy atom. The van der Waals surface area contributed by atoms with Gasteiger partial charge in [-0.25, -0.2) is 0 Å². The molecule has 0 radical (unpaired) electrons. The first-order chi connectivity index (χ1) is 3.22. The molecule has 0 aromatic rings. The molecule has 1 atom stereocenters. The summed E-state index contributed by atoms with van der Waals surface area (Å²) in [6.45, 7) is 0. The van der Waals surface area contributed by atoms with Crippen molar-refractivity contribution in [2.75, 3.05) is 0 Å². The second-order valence-electron chi connectivity index (χ2n) is 1.32. The van der Waals surface area contributed by atoms with E-state index >= 15 is 0 Å². The number of hydrogen-bond acceptors (Lipinski definition) is 2. The average molecular weight is 119 g/mol. The molecule has 0 bridgehead atoms. The SMILES string of the molecule is O=C1C(Cl)=CC1O. The topological polar surface area (TPSA) is 37.3 Å².